The molecule has 4 heteroatoms. The molecule has 0 saturated heterocycles. The molecule has 0 atom stereocenters. The van der Waals surface area contributed by atoms with Gasteiger partial charge in [0.2, 0.25) is 0 Å². The van der Waals surface area contributed by atoms with Gasteiger partial charge in [-0.3, -0.25) is 4.68 Å². The number of rotatable bonds is 2. The van der Waals surface area contributed by atoms with E-state index in [1.54, 1.807) is 16.8 Å². The first-order valence-corrected chi connectivity index (χ1v) is 6.58. The lowest BCUT2D eigenvalue weighted by Crippen LogP contribution is -2.13. The molecule has 0 radical (unpaired) electrons. The minimum Gasteiger partial charge on any atom is -0.478 e. The van der Waals surface area contributed by atoms with Crippen molar-refractivity contribution in [2.75, 3.05) is 0 Å². The smallest absolute Gasteiger partial charge is 0.335 e. The number of carboxylic acids is 1. The summed E-state index contributed by atoms with van der Waals surface area (Å²) in [6.07, 6.45) is 1.95. The van der Waals surface area contributed by atoms with Crippen molar-refractivity contribution in [1.82, 2.24) is 9.78 Å². The quantitative estimate of drug-likeness (QED) is 0.911. The highest BCUT2D eigenvalue weighted by molar-refractivity contribution is 5.90. The van der Waals surface area contributed by atoms with Crippen LogP contribution in [0.2, 0.25) is 0 Å². The summed E-state index contributed by atoms with van der Waals surface area (Å²) in [6, 6.07) is 5.39. The molecule has 4 nitrogen and oxygen atoms in total. The predicted molar refractivity (Wildman–Crippen MR) is 79.0 cm³/mol. The maximum atomic E-state index is 11.2. The zero-order valence-corrected chi connectivity index (χ0v) is 12.6. The van der Waals surface area contributed by atoms with Gasteiger partial charge in [-0.05, 0) is 30.2 Å². The molecule has 2 rings (SSSR count). The molecule has 0 spiro atoms. The first-order chi connectivity index (χ1) is 9.18. The van der Waals surface area contributed by atoms with Gasteiger partial charge in [-0.1, -0.05) is 26.8 Å². The van der Waals surface area contributed by atoms with E-state index in [4.69, 9.17) is 0 Å². The average Bonchev–Trinajstić information content (AvgIpc) is 2.70. The summed E-state index contributed by atoms with van der Waals surface area (Å²) in [7, 11) is 1.88. The van der Waals surface area contributed by atoms with Gasteiger partial charge in [-0.15, -0.1) is 0 Å². The summed E-state index contributed by atoms with van der Waals surface area (Å²) in [5, 5.41) is 13.7. The van der Waals surface area contributed by atoms with Gasteiger partial charge in [-0.25, -0.2) is 4.79 Å². The number of hydrogen-bond acceptors (Lipinski definition) is 2. The molecule has 0 aliphatic heterocycles. The molecule has 2 aromatic rings. The zero-order valence-electron chi connectivity index (χ0n) is 12.6. The van der Waals surface area contributed by atoms with Crippen LogP contribution in [0.5, 0.6) is 0 Å². The lowest BCUT2D eigenvalue weighted by atomic mass is 9.87. The summed E-state index contributed by atoms with van der Waals surface area (Å²) >= 11 is 0. The minimum atomic E-state index is -0.906. The second-order valence-corrected chi connectivity index (χ2v) is 6.21. The van der Waals surface area contributed by atoms with Crippen molar-refractivity contribution < 1.29 is 9.90 Å². The van der Waals surface area contributed by atoms with Gasteiger partial charge in [-0.2, -0.15) is 5.10 Å². The Balaban J connectivity index is 2.66. The Hall–Kier alpha value is -2.10. The number of carboxylic acid groups (broad SMARTS) is 1. The highest BCUT2D eigenvalue weighted by atomic mass is 16.4. The lowest BCUT2D eigenvalue weighted by Gasteiger charge is -2.18. The van der Waals surface area contributed by atoms with Crippen molar-refractivity contribution in [3.8, 4) is 11.1 Å². The topological polar surface area (TPSA) is 55.1 Å². The van der Waals surface area contributed by atoms with Crippen molar-refractivity contribution in [3.05, 3.63) is 41.2 Å². The molecule has 0 saturated carbocycles. The van der Waals surface area contributed by atoms with Crippen LogP contribution in [-0.2, 0) is 12.5 Å². The second kappa shape index (κ2) is 4.78. The molecular formula is C16H20N2O2. The number of nitrogens with zero attached hydrogens (tertiary/aromatic N) is 2. The van der Waals surface area contributed by atoms with Crippen molar-refractivity contribution >= 4 is 5.97 Å². The van der Waals surface area contributed by atoms with E-state index in [9.17, 15) is 9.90 Å². The van der Waals surface area contributed by atoms with Gasteiger partial charge in [0.1, 0.15) is 0 Å². The van der Waals surface area contributed by atoms with Crippen LogP contribution in [0.1, 0.15) is 42.4 Å². The Morgan fingerprint density at radius 3 is 2.45 bits per heavy atom. The molecule has 1 aromatic heterocycles. The maximum absolute atomic E-state index is 11.2. The second-order valence-electron chi connectivity index (χ2n) is 6.21. The summed E-state index contributed by atoms with van der Waals surface area (Å²) in [6.45, 7) is 8.22. The fraction of sp³-hybridized carbons (Fsp3) is 0.375. The van der Waals surface area contributed by atoms with Gasteiger partial charge >= 0.3 is 5.97 Å². The molecule has 0 aliphatic rings. The van der Waals surface area contributed by atoms with E-state index in [2.05, 4.69) is 25.9 Å². The monoisotopic (exact) mass is 272 g/mol. The Bertz CT molecular complexity index is 664. The van der Waals surface area contributed by atoms with Crippen molar-refractivity contribution in [2.24, 2.45) is 7.05 Å². The fourth-order valence-electron chi connectivity index (χ4n) is 2.32. The van der Waals surface area contributed by atoms with E-state index >= 15 is 0 Å². The van der Waals surface area contributed by atoms with Crippen LogP contribution < -0.4 is 0 Å². The predicted octanol–water partition coefficient (Wildman–Crippen LogP) is 3.39. The number of benzene rings is 1. The SMILES string of the molecule is Cc1cc(C(=O)O)cc(-c2cn(C)nc2C(C)(C)C)c1. The lowest BCUT2D eigenvalue weighted by molar-refractivity contribution is 0.0697. The highest BCUT2D eigenvalue weighted by Crippen LogP contribution is 2.32. The Labute approximate surface area is 119 Å². The molecule has 1 N–H and O–H groups in total. The number of aromatic carboxylic acids is 1. The Morgan fingerprint density at radius 2 is 1.90 bits per heavy atom. The van der Waals surface area contributed by atoms with E-state index in [1.807, 2.05) is 26.2 Å². The summed E-state index contributed by atoms with van der Waals surface area (Å²) in [5.41, 5.74) is 4.02. The average molecular weight is 272 g/mol. The molecule has 106 valence electrons. The van der Waals surface area contributed by atoms with E-state index in [0.717, 1.165) is 22.4 Å². The van der Waals surface area contributed by atoms with Crippen molar-refractivity contribution in [3.63, 3.8) is 0 Å². The first kappa shape index (κ1) is 14.3. The van der Waals surface area contributed by atoms with Crippen LogP contribution in [0, 0.1) is 6.92 Å². The molecule has 20 heavy (non-hydrogen) atoms. The minimum absolute atomic E-state index is 0.0935. The number of hydrogen-bond donors (Lipinski definition) is 1. The number of aryl methyl sites for hydroxylation is 2. The van der Waals surface area contributed by atoms with E-state index in [1.165, 1.54) is 0 Å². The van der Waals surface area contributed by atoms with Crippen molar-refractivity contribution in [1.29, 1.82) is 0 Å². The van der Waals surface area contributed by atoms with Crippen LogP contribution in [0.15, 0.2) is 24.4 Å². The Morgan fingerprint density at radius 1 is 1.25 bits per heavy atom. The third-order valence-electron chi connectivity index (χ3n) is 3.17. The standard InChI is InChI=1S/C16H20N2O2/c1-10-6-11(8-12(7-10)15(19)20)13-9-18(5)17-14(13)16(2,3)4/h6-9H,1-5H3,(H,19,20). The van der Waals surface area contributed by atoms with Crippen LogP contribution in [0.25, 0.3) is 11.1 Å². The fourth-order valence-corrected chi connectivity index (χ4v) is 2.32. The third-order valence-corrected chi connectivity index (χ3v) is 3.17. The summed E-state index contributed by atoms with van der Waals surface area (Å²) < 4.78 is 1.78. The van der Waals surface area contributed by atoms with E-state index < -0.39 is 5.97 Å². The van der Waals surface area contributed by atoms with Crippen molar-refractivity contribution in [2.45, 2.75) is 33.1 Å². The van der Waals surface area contributed by atoms with E-state index in [-0.39, 0.29) is 5.41 Å². The van der Waals surface area contributed by atoms with Crippen LogP contribution in [0.3, 0.4) is 0 Å². The Kier molecular flexibility index (Phi) is 3.42. The molecule has 0 fully saturated rings. The van der Waals surface area contributed by atoms with Crippen LogP contribution in [-0.4, -0.2) is 20.9 Å². The first-order valence-electron chi connectivity index (χ1n) is 6.58. The van der Waals surface area contributed by atoms with E-state index in [0.29, 0.717) is 5.56 Å². The molecule has 0 aliphatic carbocycles. The largest absolute Gasteiger partial charge is 0.478 e. The van der Waals surface area contributed by atoms with Gasteiger partial charge in [0.05, 0.1) is 11.3 Å². The normalized spacial score (nSPS) is 11.7. The molecule has 1 heterocycles. The number of carbonyl (C=O) groups is 1. The summed E-state index contributed by atoms with van der Waals surface area (Å²) in [4.78, 5) is 11.2. The molecular weight excluding hydrogens is 252 g/mol. The summed E-state index contributed by atoms with van der Waals surface area (Å²) in [5.74, 6) is -0.906. The third kappa shape index (κ3) is 2.74. The molecule has 0 bridgehead atoms. The van der Waals surface area contributed by atoms with Gasteiger partial charge in [0, 0.05) is 24.2 Å². The van der Waals surface area contributed by atoms with Gasteiger partial charge in [0.25, 0.3) is 0 Å². The number of aromatic nitrogens is 2. The van der Waals surface area contributed by atoms with Gasteiger partial charge < -0.3 is 5.11 Å². The maximum Gasteiger partial charge on any atom is 0.335 e. The highest BCUT2D eigenvalue weighted by Gasteiger charge is 2.23. The van der Waals surface area contributed by atoms with Crippen LogP contribution >= 0.6 is 0 Å². The molecule has 0 unspecified atom stereocenters. The molecule has 0 amide bonds. The van der Waals surface area contributed by atoms with Crippen LogP contribution in [0.4, 0.5) is 0 Å². The van der Waals surface area contributed by atoms with Gasteiger partial charge in [0.15, 0.2) is 0 Å². The zero-order chi connectivity index (χ0) is 15.1. The molecule has 1 aromatic carbocycles.